The molecule has 148 valence electrons. The maximum Gasteiger partial charge on any atom is 0.324 e. The van der Waals surface area contributed by atoms with Crippen molar-refractivity contribution in [2.45, 2.75) is 59.8 Å². The number of rotatable bonds is 5. The summed E-state index contributed by atoms with van der Waals surface area (Å²) in [6.45, 7) is 10.0. The molecule has 1 saturated heterocycles. The van der Waals surface area contributed by atoms with Crippen LogP contribution in [0.3, 0.4) is 0 Å². The largest absolute Gasteiger partial charge is 0.465 e. The third-order valence-electron chi connectivity index (χ3n) is 5.81. The van der Waals surface area contributed by atoms with E-state index in [1.165, 1.54) is 19.3 Å². The van der Waals surface area contributed by atoms with Gasteiger partial charge in [-0.1, -0.05) is 0 Å². The number of carbonyl (C=O) groups is 2. The number of ether oxygens (including phenoxy) is 2. The molecule has 2 aliphatic rings. The third-order valence-corrected chi connectivity index (χ3v) is 5.81. The maximum atomic E-state index is 12.8. The van der Waals surface area contributed by atoms with Crippen LogP contribution in [-0.4, -0.2) is 43.2 Å². The van der Waals surface area contributed by atoms with Crippen molar-refractivity contribution < 1.29 is 19.1 Å². The topological polar surface area (TPSA) is 68.7 Å². The minimum absolute atomic E-state index is 0.242. The van der Waals surface area contributed by atoms with Crippen LogP contribution in [-0.2, 0) is 31.9 Å². The summed E-state index contributed by atoms with van der Waals surface area (Å²) in [6, 6.07) is 0. The second-order valence-corrected chi connectivity index (χ2v) is 7.53. The van der Waals surface area contributed by atoms with E-state index in [0.29, 0.717) is 12.8 Å². The van der Waals surface area contributed by atoms with Gasteiger partial charge in [-0.25, -0.2) is 4.98 Å². The molecule has 27 heavy (non-hydrogen) atoms. The number of nitrogens with zero attached hydrogens (tertiary/aromatic N) is 2. The summed E-state index contributed by atoms with van der Waals surface area (Å²) >= 11 is 0. The zero-order valence-corrected chi connectivity index (χ0v) is 16.9. The molecular formula is C21H30N2O4. The molecule has 0 aromatic carbocycles. The number of hydrogen-bond acceptors (Lipinski definition) is 6. The van der Waals surface area contributed by atoms with Crippen LogP contribution in [0.4, 0.5) is 5.82 Å². The minimum atomic E-state index is -1.29. The Bertz CT molecular complexity index is 720. The van der Waals surface area contributed by atoms with Crippen LogP contribution in [0.15, 0.2) is 0 Å². The van der Waals surface area contributed by atoms with E-state index >= 15 is 0 Å². The van der Waals surface area contributed by atoms with Crippen molar-refractivity contribution in [3.05, 3.63) is 22.4 Å². The summed E-state index contributed by atoms with van der Waals surface area (Å²) < 4.78 is 10.6. The highest BCUT2D eigenvalue weighted by atomic mass is 16.6. The Kier molecular flexibility index (Phi) is 5.72. The number of hydrogen-bond donors (Lipinski definition) is 0. The Morgan fingerprint density at radius 1 is 0.963 bits per heavy atom. The van der Waals surface area contributed by atoms with E-state index in [0.717, 1.165) is 41.3 Å². The lowest BCUT2D eigenvalue weighted by atomic mass is 9.84. The maximum absolute atomic E-state index is 12.8. The highest BCUT2D eigenvalue weighted by molar-refractivity contribution is 6.02. The molecule has 0 spiro atoms. The molecule has 1 aliphatic carbocycles. The lowest BCUT2D eigenvalue weighted by Gasteiger charge is -2.30. The van der Waals surface area contributed by atoms with E-state index < -0.39 is 17.4 Å². The van der Waals surface area contributed by atoms with Crippen LogP contribution < -0.4 is 4.90 Å². The molecule has 2 heterocycles. The second kappa shape index (κ2) is 7.87. The molecule has 0 bridgehead atoms. The molecule has 6 nitrogen and oxygen atoms in total. The SMILES string of the molecule is CCOC(=O)C1(C(=O)OCC)Cc2c(C)nc(N3CCCCC3)c(C)c2C1. The van der Waals surface area contributed by atoms with Crippen molar-refractivity contribution in [1.29, 1.82) is 0 Å². The Balaban J connectivity index is 2.02. The highest BCUT2D eigenvalue weighted by Crippen LogP contribution is 2.43. The number of anilines is 1. The quantitative estimate of drug-likeness (QED) is 0.583. The van der Waals surface area contributed by atoms with Crippen LogP contribution >= 0.6 is 0 Å². The average molecular weight is 374 g/mol. The van der Waals surface area contributed by atoms with E-state index in [1.54, 1.807) is 13.8 Å². The number of esters is 2. The number of aromatic nitrogens is 1. The predicted molar refractivity (Wildman–Crippen MR) is 103 cm³/mol. The standard InChI is InChI=1S/C21H30N2O4/c1-5-26-19(24)21(20(25)27-6-2)12-16-14(3)18(22-15(4)17(16)13-21)23-10-8-7-9-11-23/h5-13H2,1-4H3. The summed E-state index contributed by atoms with van der Waals surface area (Å²) in [6.07, 6.45) is 4.24. The van der Waals surface area contributed by atoms with E-state index in [-0.39, 0.29) is 13.2 Å². The molecule has 0 radical (unpaired) electrons. The molecule has 1 aromatic heterocycles. The fourth-order valence-electron chi connectivity index (χ4n) is 4.35. The summed E-state index contributed by atoms with van der Waals surface area (Å²) in [5.74, 6) is 0.0189. The van der Waals surface area contributed by atoms with Crippen molar-refractivity contribution in [3.63, 3.8) is 0 Å². The summed E-state index contributed by atoms with van der Waals surface area (Å²) in [4.78, 5) is 32.8. The molecule has 0 atom stereocenters. The van der Waals surface area contributed by atoms with Gasteiger partial charge < -0.3 is 14.4 Å². The summed E-state index contributed by atoms with van der Waals surface area (Å²) in [5.41, 5.74) is 2.74. The molecule has 1 aromatic rings. The molecule has 3 rings (SSSR count). The molecule has 0 unspecified atom stereocenters. The van der Waals surface area contributed by atoms with E-state index in [9.17, 15) is 9.59 Å². The Morgan fingerprint density at radius 3 is 2.07 bits per heavy atom. The van der Waals surface area contributed by atoms with Crippen molar-refractivity contribution in [3.8, 4) is 0 Å². The fraction of sp³-hybridized carbons (Fsp3) is 0.667. The molecule has 0 saturated carbocycles. The van der Waals surface area contributed by atoms with Gasteiger partial charge in [-0.15, -0.1) is 0 Å². The van der Waals surface area contributed by atoms with Gasteiger partial charge in [0.05, 0.1) is 13.2 Å². The van der Waals surface area contributed by atoms with Crippen molar-refractivity contribution in [2.75, 3.05) is 31.2 Å². The van der Waals surface area contributed by atoms with Gasteiger partial charge in [0, 0.05) is 31.6 Å². The van der Waals surface area contributed by atoms with Gasteiger partial charge in [-0.05, 0) is 63.6 Å². The number of piperidine rings is 1. The van der Waals surface area contributed by atoms with Gasteiger partial charge in [0.15, 0.2) is 5.41 Å². The van der Waals surface area contributed by atoms with Gasteiger partial charge in [-0.2, -0.15) is 0 Å². The normalized spacial score (nSPS) is 18.1. The van der Waals surface area contributed by atoms with Crippen LogP contribution in [0.1, 0.15) is 55.5 Å². The molecule has 6 heteroatoms. The van der Waals surface area contributed by atoms with Gasteiger partial charge in [-0.3, -0.25) is 9.59 Å². The van der Waals surface area contributed by atoms with Crippen molar-refractivity contribution in [2.24, 2.45) is 5.41 Å². The first-order valence-electron chi connectivity index (χ1n) is 10.0. The molecular weight excluding hydrogens is 344 g/mol. The highest BCUT2D eigenvalue weighted by Gasteiger charge is 2.54. The van der Waals surface area contributed by atoms with Gasteiger partial charge in [0.2, 0.25) is 0 Å². The Morgan fingerprint density at radius 2 is 1.52 bits per heavy atom. The smallest absolute Gasteiger partial charge is 0.324 e. The lowest BCUT2D eigenvalue weighted by Crippen LogP contribution is -2.43. The number of fused-ring (bicyclic) bond motifs is 1. The van der Waals surface area contributed by atoms with E-state index in [2.05, 4.69) is 11.8 Å². The summed E-state index contributed by atoms with van der Waals surface area (Å²) in [7, 11) is 0. The molecule has 0 amide bonds. The van der Waals surface area contributed by atoms with Crippen LogP contribution in [0.25, 0.3) is 0 Å². The van der Waals surface area contributed by atoms with Crippen LogP contribution in [0.2, 0.25) is 0 Å². The van der Waals surface area contributed by atoms with E-state index in [4.69, 9.17) is 14.5 Å². The molecule has 0 N–H and O–H groups in total. The Hall–Kier alpha value is -2.11. The molecule has 1 aliphatic heterocycles. The van der Waals surface area contributed by atoms with Crippen LogP contribution in [0, 0.1) is 19.3 Å². The summed E-state index contributed by atoms with van der Waals surface area (Å²) in [5, 5.41) is 0. The first-order valence-corrected chi connectivity index (χ1v) is 10.0. The zero-order chi connectivity index (χ0) is 19.6. The minimum Gasteiger partial charge on any atom is -0.465 e. The van der Waals surface area contributed by atoms with Crippen molar-refractivity contribution >= 4 is 17.8 Å². The lowest BCUT2D eigenvalue weighted by molar-refractivity contribution is -0.171. The number of pyridine rings is 1. The zero-order valence-electron chi connectivity index (χ0n) is 16.9. The predicted octanol–water partition coefficient (Wildman–Crippen LogP) is 2.90. The first kappa shape index (κ1) is 19.6. The monoisotopic (exact) mass is 374 g/mol. The average Bonchev–Trinajstić information content (AvgIpc) is 3.09. The fourth-order valence-corrected chi connectivity index (χ4v) is 4.35. The third kappa shape index (κ3) is 3.42. The van der Waals surface area contributed by atoms with Crippen LogP contribution in [0.5, 0.6) is 0 Å². The van der Waals surface area contributed by atoms with E-state index in [1.807, 2.05) is 6.92 Å². The first-order chi connectivity index (χ1) is 12.9. The molecule has 1 fully saturated rings. The van der Waals surface area contributed by atoms with Gasteiger partial charge in [0.25, 0.3) is 0 Å². The van der Waals surface area contributed by atoms with Crippen molar-refractivity contribution in [1.82, 2.24) is 4.98 Å². The van der Waals surface area contributed by atoms with Gasteiger partial charge in [0.1, 0.15) is 5.82 Å². The van der Waals surface area contributed by atoms with Gasteiger partial charge >= 0.3 is 11.9 Å². The number of carbonyl (C=O) groups excluding carboxylic acids is 2. The number of aryl methyl sites for hydroxylation is 1. The second-order valence-electron chi connectivity index (χ2n) is 7.53. The Labute approximate surface area is 161 Å².